The summed E-state index contributed by atoms with van der Waals surface area (Å²) in [6, 6.07) is 8.24. The Kier molecular flexibility index (Phi) is 4.09. The van der Waals surface area contributed by atoms with E-state index in [1.807, 2.05) is 12.1 Å². The summed E-state index contributed by atoms with van der Waals surface area (Å²) in [6.45, 7) is 2.34. The van der Waals surface area contributed by atoms with Crippen LogP contribution in [0, 0.1) is 17.2 Å². The Morgan fingerprint density at radius 1 is 1.28 bits per heavy atom. The fourth-order valence-electron chi connectivity index (χ4n) is 2.62. The average molecular weight is 243 g/mol. The second kappa shape index (κ2) is 5.77. The Morgan fingerprint density at radius 3 is 2.83 bits per heavy atom. The molecule has 3 heteroatoms. The van der Waals surface area contributed by atoms with Crippen molar-refractivity contribution in [2.75, 3.05) is 11.1 Å². The first-order chi connectivity index (χ1) is 8.69. The molecule has 1 aliphatic carbocycles. The average Bonchev–Trinajstić information content (AvgIpc) is 2.55. The number of nitriles is 1. The van der Waals surface area contributed by atoms with E-state index in [2.05, 4.69) is 18.3 Å². The number of hydrogen-bond donors (Lipinski definition) is 2. The molecule has 0 amide bonds. The molecule has 1 aromatic rings. The topological polar surface area (TPSA) is 61.8 Å². The summed E-state index contributed by atoms with van der Waals surface area (Å²) >= 11 is 0. The van der Waals surface area contributed by atoms with Gasteiger partial charge in [0.2, 0.25) is 0 Å². The van der Waals surface area contributed by atoms with Crippen molar-refractivity contribution in [1.29, 1.82) is 5.26 Å². The molecule has 0 saturated heterocycles. The smallest absolute Gasteiger partial charge is 0.101 e. The molecule has 1 fully saturated rings. The molecule has 0 aliphatic heterocycles. The van der Waals surface area contributed by atoms with E-state index in [1.165, 1.54) is 32.1 Å². The summed E-state index contributed by atoms with van der Waals surface area (Å²) in [5.74, 6) is 0.850. The SMILES string of the molecule is CC1CCCC(Nc2ccc(C#N)c(N)c2)CC1. The number of anilines is 2. The molecule has 2 atom stereocenters. The highest BCUT2D eigenvalue weighted by molar-refractivity contribution is 5.62. The van der Waals surface area contributed by atoms with Crippen LogP contribution >= 0.6 is 0 Å². The van der Waals surface area contributed by atoms with E-state index in [0.717, 1.165) is 11.6 Å². The maximum Gasteiger partial charge on any atom is 0.101 e. The maximum atomic E-state index is 8.85. The van der Waals surface area contributed by atoms with Crippen LogP contribution in [0.3, 0.4) is 0 Å². The van der Waals surface area contributed by atoms with Crippen LogP contribution in [0.5, 0.6) is 0 Å². The zero-order chi connectivity index (χ0) is 13.0. The molecule has 0 spiro atoms. The minimum atomic E-state index is 0.544. The summed E-state index contributed by atoms with van der Waals surface area (Å²) in [7, 11) is 0. The largest absolute Gasteiger partial charge is 0.398 e. The zero-order valence-corrected chi connectivity index (χ0v) is 10.9. The van der Waals surface area contributed by atoms with Gasteiger partial charge in [0, 0.05) is 11.7 Å². The van der Waals surface area contributed by atoms with Crippen molar-refractivity contribution in [3.05, 3.63) is 23.8 Å². The minimum Gasteiger partial charge on any atom is -0.398 e. The molecule has 3 N–H and O–H groups in total. The molecule has 18 heavy (non-hydrogen) atoms. The third-order valence-corrected chi connectivity index (χ3v) is 3.80. The van der Waals surface area contributed by atoms with Gasteiger partial charge in [0.1, 0.15) is 6.07 Å². The highest BCUT2D eigenvalue weighted by Gasteiger charge is 2.16. The summed E-state index contributed by atoms with van der Waals surface area (Å²) in [5, 5.41) is 12.4. The number of nitrogen functional groups attached to an aromatic ring is 1. The van der Waals surface area contributed by atoms with Crippen molar-refractivity contribution in [2.24, 2.45) is 5.92 Å². The van der Waals surface area contributed by atoms with Gasteiger partial charge in [0.25, 0.3) is 0 Å². The van der Waals surface area contributed by atoms with Crippen molar-refractivity contribution in [1.82, 2.24) is 0 Å². The minimum absolute atomic E-state index is 0.544. The molecule has 2 rings (SSSR count). The number of nitrogens with one attached hydrogen (secondary N) is 1. The molecule has 0 heterocycles. The van der Waals surface area contributed by atoms with E-state index < -0.39 is 0 Å². The Bertz CT molecular complexity index is 448. The van der Waals surface area contributed by atoms with Crippen LogP contribution < -0.4 is 11.1 Å². The number of hydrogen-bond acceptors (Lipinski definition) is 3. The van der Waals surface area contributed by atoms with Gasteiger partial charge >= 0.3 is 0 Å². The van der Waals surface area contributed by atoms with E-state index >= 15 is 0 Å². The second-order valence-electron chi connectivity index (χ2n) is 5.37. The van der Waals surface area contributed by atoms with Gasteiger partial charge in [-0.1, -0.05) is 19.8 Å². The van der Waals surface area contributed by atoms with Crippen molar-refractivity contribution in [3.8, 4) is 6.07 Å². The molecule has 1 aromatic carbocycles. The molecular weight excluding hydrogens is 222 g/mol. The molecule has 96 valence electrons. The molecule has 1 saturated carbocycles. The number of nitrogens with zero attached hydrogens (tertiary/aromatic N) is 1. The van der Waals surface area contributed by atoms with Gasteiger partial charge in [0.05, 0.1) is 11.3 Å². The molecule has 0 bridgehead atoms. The van der Waals surface area contributed by atoms with Crippen LogP contribution in [0.15, 0.2) is 18.2 Å². The van der Waals surface area contributed by atoms with Crippen molar-refractivity contribution in [2.45, 2.75) is 45.1 Å². The van der Waals surface area contributed by atoms with Gasteiger partial charge in [-0.2, -0.15) is 5.26 Å². The van der Waals surface area contributed by atoms with E-state index in [-0.39, 0.29) is 0 Å². The lowest BCUT2D eigenvalue weighted by Crippen LogP contribution is -2.18. The molecule has 1 aliphatic rings. The van der Waals surface area contributed by atoms with Gasteiger partial charge in [-0.25, -0.2) is 0 Å². The van der Waals surface area contributed by atoms with Crippen molar-refractivity contribution >= 4 is 11.4 Å². The van der Waals surface area contributed by atoms with Gasteiger partial charge < -0.3 is 11.1 Å². The summed E-state index contributed by atoms with van der Waals surface area (Å²) in [6.07, 6.45) is 6.38. The van der Waals surface area contributed by atoms with Crippen LogP contribution in [0.2, 0.25) is 0 Å². The molecule has 0 radical (unpaired) electrons. The molecule has 3 nitrogen and oxygen atoms in total. The first-order valence-corrected chi connectivity index (χ1v) is 6.75. The Balaban J connectivity index is 2.01. The lowest BCUT2D eigenvalue weighted by Gasteiger charge is -2.18. The first-order valence-electron chi connectivity index (χ1n) is 6.75. The summed E-state index contributed by atoms with van der Waals surface area (Å²) in [5.41, 5.74) is 7.97. The van der Waals surface area contributed by atoms with Gasteiger partial charge in [0.15, 0.2) is 0 Å². The number of nitrogens with two attached hydrogens (primary N) is 1. The third-order valence-electron chi connectivity index (χ3n) is 3.80. The fraction of sp³-hybridized carbons (Fsp3) is 0.533. The Labute approximate surface area is 109 Å². The normalized spacial score (nSPS) is 24.0. The van der Waals surface area contributed by atoms with Gasteiger partial charge in [-0.3, -0.25) is 0 Å². The highest BCUT2D eigenvalue weighted by atomic mass is 14.9. The lowest BCUT2D eigenvalue weighted by molar-refractivity contribution is 0.502. The predicted octanol–water partition coefficient (Wildman–Crippen LogP) is 3.52. The lowest BCUT2D eigenvalue weighted by atomic mass is 10.0. The molecular formula is C15H21N3. The second-order valence-corrected chi connectivity index (χ2v) is 5.37. The van der Waals surface area contributed by atoms with Crippen LogP contribution in [0.1, 0.15) is 44.6 Å². The van der Waals surface area contributed by atoms with Crippen LogP contribution in [-0.2, 0) is 0 Å². The maximum absolute atomic E-state index is 8.85. The van der Waals surface area contributed by atoms with Gasteiger partial charge in [-0.15, -0.1) is 0 Å². The summed E-state index contributed by atoms with van der Waals surface area (Å²) in [4.78, 5) is 0. The highest BCUT2D eigenvalue weighted by Crippen LogP contribution is 2.26. The Hall–Kier alpha value is -1.69. The predicted molar refractivity (Wildman–Crippen MR) is 75.2 cm³/mol. The van der Waals surface area contributed by atoms with E-state index in [1.54, 1.807) is 6.07 Å². The van der Waals surface area contributed by atoms with Crippen LogP contribution in [0.25, 0.3) is 0 Å². The van der Waals surface area contributed by atoms with Crippen molar-refractivity contribution in [3.63, 3.8) is 0 Å². The fourth-order valence-corrected chi connectivity index (χ4v) is 2.62. The van der Waals surface area contributed by atoms with Gasteiger partial charge in [-0.05, 0) is 43.4 Å². The zero-order valence-electron chi connectivity index (χ0n) is 10.9. The van der Waals surface area contributed by atoms with E-state index in [4.69, 9.17) is 11.0 Å². The van der Waals surface area contributed by atoms with Crippen LogP contribution in [-0.4, -0.2) is 6.04 Å². The third kappa shape index (κ3) is 3.16. The Morgan fingerprint density at radius 2 is 2.11 bits per heavy atom. The quantitative estimate of drug-likeness (QED) is 0.617. The van der Waals surface area contributed by atoms with E-state index in [9.17, 15) is 0 Å². The number of rotatable bonds is 2. The number of benzene rings is 1. The molecule has 2 unspecified atom stereocenters. The summed E-state index contributed by atoms with van der Waals surface area (Å²) < 4.78 is 0. The van der Waals surface area contributed by atoms with Crippen molar-refractivity contribution < 1.29 is 0 Å². The standard InChI is InChI=1S/C15H21N3/c1-11-3-2-4-13(7-5-11)18-14-8-6-12(10-16)15(17)9-14/h6,8-9,11,13,18H,2-5,7,17H2,1H3. The first kappa shape index (κ1) is 12.8. The van der Waals surface area contributed by atoms with Crippen LogP contribution in [0.4, 0.5) is 11.4 Å². The monoisotopic (exact) mass is 243 g/mol. The molecule has 0 aromatic heterocycles. The van der Waals surface area contributed by atoms with E-state index in [0.29, 0.717) is 17.3 Å².